The van der Waals surface area contributed by atoms with Crippen molar-refractivity contribution in [3.63, 3.8) is 0 Å². The van der Waals surface area contributed by atoms with E-state index in [2.05, 4.69) is 10.3 Å². The number of aromatic nitrogens is 1. The van der Waals surface area contributed by atoms with E-state index in [1.807, 2.05) is 30.3 Å². The summed E-state index contributed by atoms with van der Waals surface area (Å²) in [5.41, 5.74) is 1.18. The molecule has 1 aliphatic carbocycles. The van der Waals surface area contributed by atoms with Crippen molar-refractivity contribution < 1.29 is 9.53 Å². The summed E-state index contributed by atoms with van der Waals surface area (Å²) in [6, 6.07) is 9.54. The van der Waals surface area contributed by atoms with Gasteiger partial charge in [0.25, 0.3) is 0 Å². The second-order valence-corrected chi connectivity index (χ2v) is 6.49. The summed E-state index contributed by atoms with van der Waals surface area (Å²) in [4.78, 5) is 17.9. The minimum atomic E-state index is -0.0418. The molecule has 2 aromatic rings. The van der Waals surface area contributed by atoms with Crippen LogP contribution in [0.15, 0.2) is 30.3 Å². The van der Waals surface area contributed by atoms with Crippen LogP contribution in [0.4, 0.5) is 5.13 Å². The van der Waals surface area contributed by atoms with Crippen molar-refractivity contribution in [3.05, 3.63) is 40.9 Å². The maximum Gasteiger partial charge on any atom is 0.229 e. The molecule has 1 aromatic carbocycles. The number of anilines is 1. The van der Waals surface area contributed by atoms with Crippen LogP contribution in [0.1, 0.15) is 36.3 Å². The van der Waals surface area contributed by atoms with Gasteiger partial charge in [-0.15, -0.1) is 11.3 Å². The Morgan fingerprint density at radius 2 is 2.00 bits per heavy atom. The molecule has 1 aliphatic rings. The normalized spacial score (nSPS) is 14.0. The quantitative estimate of drug-likeness (QED) is 0.853. The molecule has 0 bridgehead atoms. The van der Waals surface area contributed by atoms with Gasteiger partial charge in [-0.3, -0.25) is 4.79 Å². The zero-order valence-corrected chi connectivity index (χ0v) is 13.3. The van der Waals surface area contributed by atoms with Gasteiger partial charge in [-0.25, -0.2) is 4.98 Å². The van der Waals surface area contributed by atoms with Crippen LogP contribution in [-0.4, -0.2) is 17.5 Å². The number of nitrogens with zero attached hydrogens (tertiary/aromatic N) is 1. The molecule has 1 N–H and O–H groups in total. The molecule has 5 heteroatoms. The summed E-state index contributed by atoms with van der Waals surface area (Å²) in [7, 11) is 0. The Hall–Kier alpha value is -1.88. The summed E-state index contributed by atoms with van der Waals surface area (Å²) < 4.78 is 5.53. The Bertz CT molecular complexity index is 601. The molecule has 0 spiro atoms. The zero-order chi connectivity index (χ0) is 15.2. The monoisotopic (exact) mass is 316 g/mol. The molecule has 1 amide bonds. The Morgan fingerprint density at radius 3 is 2.86 bits per heavy atom. The van der Waals surface area contributed by atoms with Gasteiger partial charge < -0.3 is 10.1 Å². The molecule has 3 rings (SSSR count). The molecule has 22 heavy (non-hydrogen) atoms. The van der Waals surface area contributed by atoms with Crippen LogP contribution in [0.5, 0.6) is 5.75 Å². The van der Waals surface area contributed by atoms with E-state index in [0.29, 0.717) is 13.0 Å². The smallest absolute Gasteiger partial charge is 0.229 e. The van der Waals surface area contributed by atoms with Crippen LogP contribution in [0.25, 0.3) is 0 Å². The van der Waals surface area contributed by atoms with Crippen LogP contribution in [-0.2, 0) is 17.6 Å². The third-order valence-corrected chi connectivity index (χ3v) is 4.76. The minimum absolute atomic E-state index is 0.0418. The predicted octanol–water partition coefficient (Wildman–Crippen LogP) is 3.82. The summed E-state index contributed by atoms with van der Waals surface area (Å²) >= 11 is 1.62. The fourth-order valence-corrected chi connectivity index (χ4v) is 3.61. The minimum Gasteiger partial charge on any atom is -0.493 e. The third kappa shape index (κ3) is 4.07. The maximum atomic E-state index is 12.0. The number of hydrogen-bond donors (Lipinski definition) is 1. The highest BCUT2D eigenvalue weighted by molar-refractivity contribution is 7.15. The van der Waals surface area contributed by atoms with Gasteiger partial charge >= 0.3 is 0 Å². The molecule has 0 radical (unpaired) electrons. The average molecular weight is 316 g/mol. The molecular weight excluding hydrogens is 296 g/mol. The lowest BCUT2D eigenvalue weighted by atomic mass is 10.2. The number of ether oxygens (including phenoxy) is 1. The van der Waals surface area contributed by atoms with E-state index < -0.39 is 0 Å². The van der Waals surface area contributed by atoms with Crippen LogP contribution in [0, 0.1) is 0 Å². The van der Waals surface area contributed by atoms with Crippen molar-refractivity contribution >= 4 is 22.4 Å². The lowest BCUT2D eigenvalue weighted by molar-refractivity contribution is -0.116. The Balaban J connectivity index is 1.47. The lowest BCUT2D eigenvalue weighted by Crippen LogP contribution is -2.15. The largest absolute Gasteiger partial charge is 0.493 e. The molecule has 116 valence electrons. The molecule has 0 unspecified atom stereocenters. The van der Waals surface area contributed by atoms with E-state index in [9.17, 15) is 4.79 Å². The van der Waals surface area contributed by atoms with Crippen molar-refractivity contribution in [2.45, 2.75) is 38.5 Å². The first kappa shape index (κ1) is 15.0. The number of thiazole rings is 1. The second kappa shape index (κ2) is 7.40. The summed E-state index contributed by atoms with van der Waals surface area (Å²) in [5, 5.41) is 3.63. The van der Waals surface area contributed by atoms with Gasteiger partial charge in [-0.2, -0.15) is 0 Å². The lowest BCUT2D eigenvalue weighted by Gasteiger charge is -2.05. The Morgan fingerprint density at radius 1 is 1.18 bits per heavy atom. The first-order valence-electron chi connectivity index (χ1n) is 7.77. The van der Waals surface area contributed by atoms with E-state index in [1.54, 1.807) is 11.3 Å². The first-order valence-corrected chi connectivity index (χ1v) is 8.59. The van der Waals surface area contributed by atoms with Crippen molar-refractivity contribution in [2.75, 3.05) is 11.9 Å². The van der Waals surface area contributed by atoms with Crippen LogP contribution in [0.3, 0.4) is 0 Å². The van der Waals surface area contributed by atoms with Gasteiger partial charge in [0.15, 0.2) is 5.13 Å². The Kier molecular flexibility index (Phi) is 5.06. The molecular formula is C17H20N2O2S. The molecule has 0 saturated carbocycles. The number of aryl methyl sites for hydroxylation is 2. The number of hydrogen-bond acceptors (Lipinski definition) is 4. The number of fused-ring (bicyclic) bond motifs is 1. The van der Waals surface area contributed by atoms with Gasteiger partial charge in [-0.1, -0.05) is 24.6 Å². The topological polar surface area (TPSA) is 51.2 Å². The van der Waals surface area contributed by atoms with E-state index in [-0.39, 0.29) is 5.91 Å². The van der Waals surface area contributed by atoms with E-state index in [0.717, 1.165) is 23.7 Å². The third-order valence-electron chi connectivity index (χ3n) is 3.68. The number of carbonyl (C=O) groups excluding carboxylic acids is 1. The van der Waals surface area contributed by atoms with Crippen molar-refractivity contribution in [1.29, 1.82) is 0 Å². The molecule has 0 saturated heterocycles. The second-order valence-electron chi connectivity index (χ2n) is 5.41. The van der Waals surface area contributed by atoms with Crippen LogP contribution >= 0.6 is 11.3 Å². The molecule has 0 atom stereocenters. The van der Waals surface area contributed by atoms with Gasteiger partial charge in [0.2, 0.25) is 5.91 Å². The highest BCUT2D eigenvalue weighted by Gasteiger charge is 2.15. The highest BCUT2D eigenvalue weighted by atomic mass is 32.1. The zero-order valence-electron chi connectivity index (χ0n) is 12.5. The first-order chi connectivity index (χ1) is 10.8. The van der Waals surface area contributed by atoms with Crippen molar-refractivity contribution in [3.8, 4) is 5.75 Å². The standard InChI is InChI=1S/C17H20N2O2S/c20-16(11-12-21-13-7-3-1-4-8-13)19-17-18-14-9-5-2-6-10-15(14)22-17/h1,3-4,7-8H,2,5-6,9-12H2,(H,18,19,20). The fourth-order valence-electron chi connectivity index (χ4n) is 2.54. The SMILES string of the molecule is O=C(CCOc1ccccc1)Nc1nc2c(s1)CCCCC2. The summed E-state index contributed by atoms with van der Waals surface area (Å²) in [6.45, 7) is 0.376. The van der Waals surface area contributed by atoms with Crippen LogP contribution in [0.2, 0.25) is 0 Å². The predicted molar refractivity (Wildman–Crippen MR) is 88.6 cm³/mol. The van der Waals surface area contributed by atoms with Crippen molar-refractivity contribution in [2.24, 2.45) is 0 Å². The van der Waals surface area contributed by atoms with E-state index >= 15 is 0 Å². The van der Waals surface area contributed by atoms with Crippen LogP contribution < -0.4 is 10.1 Å². The van der Waals surface area contributed by atoms with E-state index in [1.165, 1.54) is 29.8 Å². The summed E-state index contributed by atoms with van der Waals surface area (Å²) in [6.07, 6.45) is 6.18. The number of benzene rings is 1. The molecule has 0 fully saturated rings. The van der Waals surface area contributed by atoms with Gasteiger partial charge in [0.05, 0.1) is 18.7 Å². The number of carbonyl (C=O) groups is 1. The number of para-hydroxylation sites is 1. The number of nitrogens with one attached hydrogen (secondary N) is 1. The molecule has 1 aromatic heterocycles. The average Bonchev–Trinajstić information content (AvgIpc) is 2.77. The fraction of sp³-hybridized carbons (Fsp3) is 0.412. The number of rotatable bonds is 5. The highest BCUT2D eigenvalue weighted by Crippen LogP contribution is 2.28. The number of amides is 1. The maximum absolute atomic E-state index is 12.0. The van der Waals surface area contributed by atoms with E-state index in [4.69, 9.17) is 4.74 Å². The Labute approximate surface area is 134 Å². The molecule has 4 nitrogen and oxygen atoms in total. The molecule has 0 aliphatic heterocycles. The van der Waals surface area contributed by atoms with Gasteiger partial charge in [-0.05, 0) is 37.8 Å². The van der Waals surface area contributed by atoms with Gasteiger partial charge in [0, 0.05) is 4.88 Å². The van der Waals surface area contributed by atoms with Crippen molar-refractivity contribution in [1.82, 2.24) is 4.98 Å². The summed E-state index contributed by atoms with van der Waals surface area (Å²) in [5.74, 6) is 0.746. The molecule has 1 heterocycles. The van der Waals surface area contributed by atoms with Gasteiger partial charge in [0.1, 0.15) is 5.75 Å².